The summed E-state index contributed by atoms with van der Waals surface area (Å²) >= 11 is 5.79. The van der Waals surface area contributed by atoms with Gasteiger partial charge < -0.3 is 8.37 Å². The zero-order chi connectivity index (χ0) is 24.3. The predicted molar refractivity (Wildman–Crippen MR) is 108 cm³/mol. The maximum Gasteiger partial charge on any atom is 0.534 e. The first-order valence-corrected chi connectivity index (χ1v) is 12.2. The summed E-state index contributed by atoms with van der Waals surface area (Å²) < 4.78 is 129. The zero-order valence-electron chi connectivity index (χ0n) is 14.8. The molecule has 3 rings (SSSR count). The van der Waals surface area contributed by atoms with Crippen LogP contribution in [-0.2, 0) is 20.2 Å². The average Bonchev–Trinajstić information content (AvgIpc) is 2.59. The Hall–Kier alpha value is -1.78. The van der Waals surface area contributed by atoms with Gasteiger partial charge in [-0.25, -0.2) is 0 Å². The molecule has 16 heteroatoms. The normalized spacial score (nSPS) is 13.5. The molecule has 174 valence electrons. The van der Waals surface area contributed by atoms with E-state index in [0.717, 1.165) is 12.1 Å². The highest BCUT2D eigenvalue weighted by Gasteiger charge is 2.49. The summed E-state index contributed by atoms with van der Waals surface area (Å²) in [7, 11) is -11.9. The van der Waals surface area contributed by atoms with Gasteiger partial charge in [0.1, 0.15) is 0 Å². The highest BCUT2D eigenvalue weighted by molar-refractivity contribution is 9.11. The van der Waals surface area contributed by atoms with E-state index < -0.39 is 42.8 Å². The summed E-state index contributed by atoms with van der Waals surface area (Å²) in [4.78, 5) is 0. The van der Waals surface area contributed by atoms with Gasteiger partial charge in [-0.1, -0.05) is 0 Å². The van der Waals surface area contributed by atoms with Gasteiger partial charge in [0.2, 0.25) is 0 Å². The molecule has 3 aromatic carbocycles. The van der Waals surface area contributed by atoms with E-state index >= 15 is 0 Å². The summed E-state index contributed by atoms with van der Waals surface area (Å²) in [5.41, 5.74) is -11.3. The Bertz CT molecular complexity index is 1340. The van der Waals surface area contributed by atoms with Crippen molar-refractivity contribution in [3.8, 4) is 11.5 Å². The number of fused-ring (bicyclic) bond motifs is 2. The van der Waals surface area contributed by atoms with Gasteiger partial charge in [-0.3, -0.25) is 0 Å². The smallest absolute Gasteiger partial charge is 0.375 e. The topological polar surface area (TPSA) is 86.7 Å². The molecule has 0 spiro atoms. The SMILES string of the molecule is O=S(=O)(Oc1cc2cc3cc(Br)c(OS(=O)(=O)C(F)(F)F)cc3cc2cc1Br)C(F)(F)F. The lowest BCUT2D eigenvalue weighted by molar-refractivity contribution is -0.0505. The lowest BCUT2D eigenvalue weighted by atomic mass is 10.0. The Labute approximate surface area is 192 Å². The number of benzene rings is 3. The minimum atomic E-state index is -5.93. The van der Waals surface area contributed by atoms with Crippen molar-refractivity contribution < 1.29 is 51.5 Å². The molecule has 3 aromatic rings. The van der Waals surface area contributed by atoms with Crippen molar-refractivity contribution in [3.63, 3.8) is 0 Å². The lowest BCUT2D eigenvalue weighted by Crippen LogP contribution is -2.28. The van der Waals surface area contributed by atoms with E-state index in [1.807, 2.05) is 0 Å². The Balaban J connectivity index is 2.11. The van der Waals surface area contributed by atoms with Gasteiger partial charge in [-0.15, -0.1) is 0 Å². The van der Waals surface area contributed by atoms with Gasteiger partial charge in [0.15, 0.2) is 11.5 Å². The minimum Gasteiger partial charge on any atom is -0.375 e. The lowest BCUT2D eigenvalue weighted by Gasteiger charge is -2.13. The fraction of sp³-hybridized carbons (Fsp3) is 0.125. The molecule has 0 saturated carbocycles. The summed E-state index contributed by atoms with van der Waals surface area (Å²) in [5, 5.41) is 1.06. The molecule has 0 aliphatic heterocycles. The Morgan fingerprint density at radius 2 is 0.844 bits per heavy atom. The number of rotatable bonds is 4. The maximum atomic E-state index is 12.6. The second-order valence-corrected chi connectivity index (χ2v) is 10.9. The quantitative estimate of drug-likeness (QED) is 0.153. The van der Waals surface area contributed by atoms with Crippen molar-refractivity contribution in [2.45, 2.75) is 11.0 Å². The molecular weight excluding hydrogens is 626 g/mol. The second-order valence-electron chi connectivity index (χ2n) is 6.08. The van der Waals surface area contributed by atoms with Gasteiger partial charge in [0.05, 0.1) is 8.95 Å². The molecule has 0 N–H and O–H groups in total. The van der Waals surface area contributed by atoms with Crippen LogP contribution in [0.3, 0.4) is 0 Å². The Morgan fingerprint density at radius 1 is 0.562 bits per heavy atom. The summed E-state index contributed by atoms with van der Waals surface area (Å²) in [6.45, 7) is 0. The number of hydrogen-bond donors (Lipinski definition) is 0. The van der Waals surface area contributed by atoms with Crippen LogP contribution in [-0.4, -0.2) is 27.9 Å². The van der Waals surface area contributed by atoms with Crippen molar-refractivity contribution >= 4 is 73.6 Å². The molecule has 6 nitrogen and oxygen atoms in total. The van der Waals surface area contributed by atoms with Crippen LogP contribution in [0.5, 0.6) is 11.5 Å². The molecule has 0 amide bonds. The second kappa shape index (κ2) is 7.92. The van der Waals surface area contributed by atoms with Crippen LogP contribution in [0.1, 0.15) is 0 Å². The molecule has 32 heavy (non-hydrogen) atoms. The molecule has 0 saturated heterocycles. The number of halogens is 8. The van der Waals surface area contributed by atoms with Gasteiger partial charge in [-0.05, 0) is 89.8 Å². The fourth-order valence-electron chi connectivity index (χ4n) is 2.46. The molecule has 0 heterocycles. The van der Waals surface area contributed by atoms with Crippen molar-refractivity contribution in [2.24, 2.45) is 0 Å². The first-order valence-electron chi connectivity index (χ1n) is 7.79. The standard InChI is InChI=1S/C16H6Br2F6O6S2/c17-11-3-7-1-9-5-13(29-31(25,26)15(19,20)21)12(18)4-8(9)2-10(7)6-14(11)30-32(27,28)16(22,23)24/h1-6H. The van der Waals surface area contributed by atoms with Crippen LogP contribution in [0, 0.1) is 0 Å². The van der Waals surface area contributed by atoms with E-state index in [2.05, 4.69) is 40.2 Å². The summed E-state index contributed by atoms with van der Waals surface area (Å²) in [6.07, 6.45) is 0. The van der Waals surface area contributed by atoms with Crippen LogP contribution < -0.4 is 8.37 Å². The molecule has 0 aromatic heterocycles. The maximum absolute atomic E-state index is 12.6. The average molecular weight is 632 g/mol. The number of alkyl halides is 6. The third-order valence-electron chi connectivity index (χ3n) is 3.86. The van der Waals surface area contributed by atoms with Crippen molar-refractivity contribution in [1.29, 1.82) is 0 Å². The van der Waals surface area contributed by atoms with Crippen LogP contribution in [0.4, 0.5) is 26.3 Å². The molecule has 0 unspecified atom stereocenters. The van der Waals surface area contributed by atoms with E-state index in [4.69, 9.17) is 0 Å². The van der Waals surface area contributed by atoms with Gasteiger partial charge in [-0.2, -0.15) is 43.2 Å². The van der Waals surface area contributed by atoms with Crippen LogP contribution >= 0.6 is 31.9 Å². The number of hydrogen-bond acceptors (Lipinski definition) is 6. The summed E-state index contributed by atoms with van der Waals surface area (Å²) in [5.74, 6) is -1.30. The molecule has 0 aliphatic rings. The van der Waals surface area contributed by atoms with Crippen molar-refractivity contribution in [1.82, 2.24) is 0 Å². The Kier molecular flexibility index (Phi) is 6.15. The molecule has 0 fully saturated rings. The van der Waals surface area contributed by atoms with E-state index in [1.54, 1.807) is 0 Å². The third kappa shape index (κ3) is 4.77. The van der Waals surface area contributed by atoms with Crippen LogP contribution in [0.15, 0.2) is 45.3 Å². The van der Waals surface area contributed by atoms with Crippen molar-refractivity contribution in [3.05, 3.63) is 45.3 Å². The van der Waals surface area contributed by atoms with Gasteiger partial charge in [0.25, 0.3) is 0 Å². The van der Waals surface area contributed by atoms with E-state index in [9.17, 15) is 43.2 Å². The highest BCUT2D eigenvalue weighted by Crippen LogP contribution is 2.39. The van der Waals surface area contributed by atoms with E-state index in [0.29, 0.717) is 10.8 Å². The van der Waals surface area contributed by atoms with Gasteiger partial charge >= 0.3 is 31.3 Å². The van der Waals surface area contributed by atoms with Crippen molar-refractivity contribution in [2.75, 3.05) is 0 Å². The molecule has 0 bridgehead atoms. The first-order chi connectivity index (χ1) is 14.4. The predicted octanol–water partition coefficient (Wildman–Crippen LogP) is 5.97. The minimum absolute atomic E-state index is 0.162. The van der Waals surface area contributed by atoms with E-state index in [1.165, 1.54) is 24.3 Å². The Morgan fingerprint density at radius 3 is 1.12 bits per heavy atom. The fourth-order valence-corrected chi connectivity index (χ4v) is 4.50. The third-order valence-corrected chi connectivity index (χ3v) is 7.03. The molecule has 0 radical (unpaired) electrons. The zero-order valence-corrected chi connectivity index (χ0v) is 19.6. The molecule has 0 aliphatic carbocycles. The van der Waals surface area contributed by atoms with Gasteiger partial charge in [0, 0.05) is 0 Å². The van der Waals surface area contributed by atoms with Crippen LogP contribution in [0.2, 0.25) is 0 Å². The monoisotopic (exact) mass is 630 g/mol. The molecule has 0 atom stereocenters. The van der Waals surface area contributed by atoms with Crippen LogP contribution in [0.25, 0.3) is 21.5 Å². The molecular formula is C16H6Br2F6O6S2. The summed E-state index contributed by atoms with van der Waals surface area (Å²) in [6, 6.07) is 7.19. The largest absolute Gasteiger partial charge is 0.534 e. The first kappa shape index (κ1) is 24.9. The van der Waals surface area contributed by atoms with E-state index in [-0.39, 0.29) is 19.7 Å². The highest BCUT2D eigenvalue weighted by atomic mass is 79.9.